The summed E-state index contributed by atoms with van der Waals surface area (Å²) >= 11 is 0. The van der Waals surface area contributed by atoms with Crippen LogP contribution in [0.15, 0.2) is 54.6 Å². The van der Waals surface area contributed by atoms with Crippen molar-refractivity contribution in [2.24, 2.45) is 0 Å². The van der Waals surface area contributed by atoms with Gasteiger partial charge in [-0.1, -0.05) is 30.3 Å². The van der Waals surface area contributed by atoms with Crippen LogP contribution in [-0.4, -0.2) is 44.7 Å². The lowest BCUT2D eigenvalue weighted by atomic mass is 9.72. The average Bonchev–Trinajstić information content (AvgIpc) is 3.28. The second-order valence-electron chi connectivity index (χ2n) is 7.41. The van der Waals surface area contributed by atoms with Crippen LogP contribution in [0.1, 0.15) is 43.9 Å². The highest BCUT2D eigenvalue weighted by Gasteiger charge is 2.53. The van der Waals surface area contributed by atoms with E-state index in [1.165, 1.54) is 11.1 Å². The summed E-state index contributed by atoms with van der Waals surface area (Å²) < 4.78 is 2.00. The van der Waals surface area contributed by atoms with Crippen LogP contribution < -0.4 is 0 Å². The quantitative estimate of drug-likeness (QED) is 0.847. The largest absolute Gasteiger partial charge is 0.390 e. The van der Waals surface area contributed by atoms with Gasteiger partial charge in [0.05, 0.1) is 18.5 Å². The topological polar surface area (TPSA) is 58.4 Å². The Morgan fingerprint density at radius 1 is 1.31 bits per heavy atom. The fraction of sp³-hybridized carbons (Fsp3) is 0.429. The maximum absolute atomic E-state index is 12.5. The molecule has 0 unspecified atom stereocenters. The van der Waals surface area contributed by atoms with Gasteiger partial charge in [-0.15, -0.1) is 0 Å². The van der Waals surface area contributed by atoms with Crippen LogP contribution in [-0.2, 0) is 10.2 Å². The highest BCUT2D eigenvalue weighted by atomic mass is 16.3. The molecule has 26 heavy (non-hydrogen) atoms. The fourth-order valence-corrected chi connectivity index (χ4v) is 4.64. The Balaban J connectivity index is 1.66. The van der Waals surface area contributed by atoms with Crippen molar-refractivity contribution in [2.75, 3.05) is 13.1 Å². The molecular formula is C21H25N3O2. The zero-order valence-corrected chi connectivity index (χ0v) is 15.3. The van der Waals surface area contributed by atoms with Crippen LogP contribution >= 0.6 is 0 Å². The van der Waals surface area contributed by atoms with E-state index in [1.807, 2.05) is 47.7 Å². The number of imidazole rings is 1. The summed E-state index contributed by atoms with van der Waals surface area (Å²) in [6.07, 6.45) is 8.34. The van der Waals surface area contributed by atoms with E-state index in [4.69, 9.17) is 0 Å². The number of aliphatic hydroxyl groups excluding tert-OH is 1. The number of carbonyl (C=O) groups is 1. The van der Waals surface area contributed by atoms with Crippen molar-refractivity contribution >= 4 is 5.91 Å². The normalized spacial score (nSPS) is 24.7. The molecule has 1 aromatic carbocycles. The van der Waals surface area contributed by atoms with Crippen LogP contribution in [0.4, 0.5) is 0 Å². The van der Waals surface area contributed by atoms with Gasteiger partial charge in [0, 0.05) is 36.5 Å². The molecule has 1 aliphatic heterocycles. The molecule has 136 valence electrons. The molecule has 1 saturated heterocycles. The van der Waals surface area contributed by atoms with E-state index in [0.29, 0.717) is 13.1 Å². The van der Waals surface area contributed by atoms with Crippen LogP contribution in [0.2, 0.25) is 0 Å². The zero-order valence-electron chi connectivity index (χ0n) is 15.3. The minimum atomic E-state index is -0.519. The number of carbonyl (C=O) groups excluding carboxylic acids is 1. The lowest BCUT2D eigenvalue weighted by Gasteiger charge is -2.43. The SMILES string of the molecule is CC=C(C)C(=O)N1CCC2(CC1)c1ccccc1[C@@H](n1ccnc1)[C@@H]2O. The second-order valence-corrected chi connectivity index (χ2v) is 7.41. The molecule has 2 aromatic rings. The van der Waals surface area contributed by atoms with E-state index in [1.54, 1.807) is 12.5 Å². The standard InChI is InChI=1S/C21H25N3O2/c1-3-15(2)20(26)23-11-8-21(9-12-23)17-7-5-4-6-16(17)18(19(21)25)24-13-10-22-14-24/h3-7,10,13-14,18-19,25H,8-9,11-12H2,1-2H3/t18-,19+/m1/s1. The first-order chi connectivity index (χ1) is 12.6. The predicted molar refractivity (Wildman–Crippen MR) is 99.7 cm³/mol. The van der Waals surface area contributed by atoms with Crippen molar-refractivity contribution in [1.29, 1.82) is 0 Å². The molecule has 1 aromatic heterocycles. The predicted octanol–water partition coefficient (Wildman–Crippen LogP) is 2.67. The molecule has 1 amide bonds. The van der Waals surface area contributed by atoms with Crippen molar-refractivity contribution in [2.45, 2.75) is 44.2 Å². The van der Waals surface area contributed by atoms with E-state index in [-0.39, 0.29) is 17.4 Å². The van der Waals surface area contributed by atoms with Crippen molar-refractivity contribution in [3.63, 3.8) is 0 Å². The van der Waals surface area contributed by atoms with Crippen LogP contribution in [0, 0.1) is 0 Å². The Kier molecular flexibility index (Phi) is 4.19. The van der Waals surface area contributed by atoms with Crippen molar-refractivity contribution < 1.29 is 9.90 Å². The second kappa shape index (κ2) is 6.40. The molecule has 2 atom stereocenters. The molecule has 1 spiro atoms. The van der Waals surface area contributed by atoms with Crippen molar-refractivity contribution in [3.05, 3.63) is 65.8 Å². The van der Waals surface area contributed by atoms with E-state index in [9.17, 15) is 9.90 Å². The summed E-state index contributed by atoms with van der Waals surface area (Å²) in [6.45, 7) is 5.10. The Labute approximate surface area is 154 Å². The molecule has 0 radical (unpaired) electrons. The summed E-state index contributed by atoms with van der Waals surface area (Å²) in [5.41, 5.74) is 2.87. The lowest BCUT2D eigenvalue weighted by molar-refractivity contribution is -0.129. The van der Waals surface area contributed by atoms with Gasteiger partial charge in [-0.25, -0.2) is 4.98 Å². The van der Waals surface area contributed by atoms with Gasteiger partial charge in [-0.2, -0.15) is 0 Å². The molecule has 1 fully saturated rings. The number of fused-ring (bicyclic) bond motifs is 2. The van der Waals surface area contributed by atoms with Crippen molar-refractivity contribution in [1.82, 2.24) is 14.5 Å². The summed E-state index contributed by atoms with van der Waals surface area (Å²) in [7, 11) is 0. The fourth-order valence-electron chi connectivity index (χ4n) is 4.64. The monoisotopic (exact) mass is 351 g/mol. The molecule has 5 heteroatoms. The molecule has 5 nitrogen and oxygen atoms in total. The number of likely N-dealkylation sites (tertiary alicyclic amines) is 1. The van der Waals surface area contributed by atoms with Crippen molar-refractivity contribution in [3.8, 4) is 0 Å². The Morgan fingerprint density at radius 2 is 2.04 bits per heavy atom. The number of allylic oxidation sites excluding steroid dienone is 1. The smallest absolute Gasteiger partial charge is 0.249 e. The van der Waals surface area contributed by atoms with Gasteiger partial charge in [0.2, 0.25) is 5.91 Å². The number of aromatic nitrogens is 2. The lowest BCUT2D eigenvalue weighted by Crippen LogP contribution is -2.50. The van der Waals surface area contributed by atoms with E-state index in [0.717, 1.165) is 18.4 Å². The van der Waals surface area contributed by atoms with E-state index < -0.39 is 6.10 Å². The molecule has 2 heterocycles. The van der Waals surface area contributed by atoms with Gasteiger partial charge < -0.3 is 14.6 Å². The maximum Gasteiger partial charge on any atom is 0.249 e. The zero-order chi connectivity index (χ0) is 18.3. The molecule has 2 aliphatic rings. The first-order valence-electron chi connectivity index (χ1n) is 9.25. The number of hydrogen-bond donors (Lipinski definition) is 1. The summed E-state index contributed by atoms with van der Waals surface area (Å²) in [6, 6.07) is 8.21. The average molecular weight is 351 g/mol. The van der Waals surface area contributed by atoms with Crippen LogP contribution in [0.5, 0.6) is 0 Å². The molecule has 0 saturated carbocycles. The molecule has 1 aliphatic carbocycles. The third kappa shape index (κ3) is 2.42. The Hall–Kier alpha value is -2.40. The highest BCUT2D eigenvalue weighted by Crippen LogP contribution is 2.52. The summed E-state index contributed by atoms with van der Waals surface area (Å²) in [5, 5.41) is 11.4. The number of benzene rings is 1. The van der Waals surface area contributed by atoms with Gasteiger partial charge in [-0.3, -0.25) is 4.79 Å². The van der Waals surface area contributed by atoms with Crippen LogP contribution in [0.3, 0.4) is 0 Å². The molecule has 0 bridgehead atoms. The van der Waals surface area contributed by atoms with Gasteiger partial charge in [-0.05, 0) is 37.8 Å². The molecule has 4 rings (SSSR count). The number of aliphatic hydroxyl groups is 1. The number of rotatable bonds is 2. The summed E-state index contributed by atoms with van der Waals surface area (Å²) in [5.74, 6) is 0.106. The van der Waals surface area contributed by atoms with Gasteiger partial charge in [0.25, 0.3) is 0 Å². The van der Waals surface area contributed by atoms with Gasteiger partial charge >= 0.3 is 0 Å². The van der Waals surface area contributed by atoms with Gasteiger partial charge in [0.1, 0.15) is 0 Å². The molecular weight excluding hydrogens is 326 g/mol. The minimum Gasteiger partial charge on any atom is -0.390 e. The van der Waals surface area contributed by atoms with Crippen LogP contribution in [0.25, 0.3) is 0 Å². The van der Waals surface area contributed by atoms with E-state index in [2.05, 4.69) is 17.1 Å². The highest BCUT2D eigenvalue weighted by molar-refractivity contribution is 5.92. The Morgan fingerprint density at radius 3 is 2.69 bits per heavy atom. The number of nitrogens with zero attached hydrogens (tertiary/aromatic N) is 3. The van der Waals surface area contributed by atoms with Gasteiger partial charge in [0.15, 0.2) is 0 Å². The third-order valence-corrected chi connectivity index (χ3v) is 6.24. The number of piperidine rings is 1. The first-order valence-corrected chi connectivity index (χ1v) is 9.25. The third-order valence-electron chi connectivity index (χ3n) is 6.24. The number of amides is 1. The summed E-state index contributed by atoms with van der Waals surface area (Å²) in [4.78, 5) is 18.6. The Bertz CT molecular complexity index is 833. The molecule has 1 N–H and O–H groups in total. The number of hydrogen-bond acceptors (Lipinski definition) is 3. The maximum atomic E-state index is 12.5. The minimum absolute atomic E-state index is 0.106. The first kappa shape index (κ1) is 17.0. The van der Waals surface area contributed by atoms with E-state index >= 15 is 0 Å².